The second kappa shape index (κ2) is 5.94. The van der Waals surface area contributed by atoms with E-state index in [4.69, 9.17) is 5.26 Å². The van der Waals surface area contributed by atoms with Crippen molar-refractivity contribution in [1.29, 1.82) is 5.26 Å². The third-order valence-corrected chi connectivity index (χ3v) is 4.91. The van der Waals surface area contributed by atoms with E-state index in [2.05, 4.69) is 6.07 Å². The monoisotopic (exact) mass is 227 g/mol. The summed E-state index contributed by atoms with van der Waals surface area (Å²) < 4.78 is 11.7. The summed E-state index contributed by atoms with van der Waals surface area (Å²) in [6.07, 6.45) is 1.24. The summed E-state index contributed by atoms with van der Waals surface area (Å²) in [5, 5.41) is 10.5. The Bertz CT molecular complexity index is 326. The molecule has 0 aliphatic heterocycles. The Morgan fingerprint density at radius 3 is 3.07 bits per heavy atom. The van der Waals surface area contributed by atoms with E-state index in [0.29, 0.717) is 12.2 Å². The van der Waals surface area contributed by atoms with Crippen molar-refractivity contribution in [2.24, 2.45) is 0 Å². The molecule has 14 heavy (non-hydrogen) atoms. The Balaban J connectivity index is 2.42. The van der Waals surface area contributed by atoms with Gasteiger partial charge in [0.1, 0.15) is 0 Å². The maximum absolute atomic E-state index is 11.7. The first-order valence-electron chi connectivity index (χ1n) is 4.53. The second-order valence-electron chi connectivity index (χ2n) is 3.00. The van der Waals surface area contributed by atoms with Crippen molar-refractivity contribution in [3.63, 3.8) is 0 Å². The first kappa shape index (κ1) is 11.4. The standard InChI is InChI=1S/C10H13NOS2/c1-9(10-5-4-7-13-10)14(12)8-3-2-6-11/h4-5,7,9H,2-3,8H2,1H3/t9-,14+/m1/s1. The van der Waals surface area contributed by atoms with Gasteiger partial charge >= 0.3 is 0 Å². The van der Waals surface area contributed by atoms with Gasteiger partial charge in [-0.05, 0) is 24.8 Å². The van der Waals surface area contributed by atoms with Gasteiger partial charge in [-0.1, -0.05) is 6.07 Å². The minimum atomic E-state index is -0.836. The molecule has 0 spiro atoms. The maximum Gasteiger partial charge on any atom is 0.0662 e. The van der Waals surface area contributed by atoms with Crippen molar-refractivity contribution in [2.75, 3.05) is 5.75 Å². The van der Waals surface area contributed by atoms with Crippen LogP contribution in [0.5, 0.6) is 0 Å². The van der Waals surface area contributed by atoms with Crippen LogP contribution < -0.4 is 0 Å². The number of hydrogen-bond acceptors (Lipinski definition) is 3. The van der Waals surface area contributed by atoms with Gasteiger partial charge in [0.25, 0.3) is 0 Å². The summed E-state index contributed by atoms with van der Waals surface area (Å²) in [4.78, 5) is 1.17. The zero-order chi connectivity index (χ0) is 10.4. The van der Waals surface area contributed by atoms with Gasteiger partial charge in [0.05, 0.1) is 11.3 Å². The van der Waals surface area contributed by atoms with Gasteiger partial charge in [0.15, 0.2) is 0 Å². The highest BCUT2D eigenvalue weighted by molar-refractivity contribution is 7.85. The molecule has 0 amide bonds. The van der Waals surface area contributed by atoms with Crippen molar-refractivity contribution in [3.8, 4) is 6.07 Å². The second-order valence-corrected chi connectivity index (χ2v) is 5.86. The molecule has 2 nitrogen and oxygen atoms in total. The first-order valence-corrected chi connectivity index (χ1v) is 6.79. The third-order valence-electron chi connectivity index (χ3n) is 1.97. The summed E-state index contributed by atoms with van der Waals surface area (Å²) in [5.41, 5.74) is 0. The lowest BCUT2D eigenvalue weighted by Gasteiger charge is -2.07. The summed E-state index contributed by atoms with van der Waals surface area (Å²) in [6.45, 7) is 1.98. The van der Waals surface area contributed by atoms with Gasteiger partial charge in [0, 0.05) is 27.9 Å². The molecule has 1 heterocycles. The molecule has 0 fully saturated rings. The largest absolute Gasteiger partial charge is 0.259 e. The molecule has 0 bridgehead atoms. The van der Waals surface area contributed by atoms with Gasteiger partial charge in [-0.2, -0.15) is 5.26 Å². The maximum atomic E-state index is 11.7. The lowest BCUT2D eigenvalue weighted by atomic mass is 10.4. The SMILES string of the molecule is C[C@H](c1cccs1)[S@@](=O)CCCC#N. The van der Waals surface area contributed by atoms with E-state index in [0.717, 1.165) is 6.42 Å². The van der Waals surface area contributed by atoms with Crippen LogP contribution in [0.15, 0.2) is 17.5 Å². The fourth-order valence-electron chi connectivity index (χ4n) is 1.12. The molecule has 0 saturated heterocycles. The molecule has 0 radical (unpaired) electrons. The molecule has 1 rings (SSSR count). The molecule has 1 aromatic heterocycles. The summed E-state index contributed by atoms with van der Waals surface area (Å²) >= 11 is 1.64. The Morgan fingerprint density at radius 1 is 1.71 bits per heavy atom. The fourth-order valence-corrected chi connectivity index (χ4v) is 3.39. The Morgan fingerprint density at radius 2 is 2.50 bits per heavy atom. The third kappa shape index (κ3) is 3.24. The molecular formula is C10H13NOS2. The van der Waals surface area contributed by atoms with E-state index in [1.807, 2.05) is 24.4 Å². The van der Waals surface area contributed by atoms with E-state index >= 15 is 0 Å². The number of nitrogens with zero attached hydrogens (tertiary/aromatic N) is 1. The zero-order valence-corrected chi connectivity index (χ0v) is 9.74. The van der Waals surface area contributed by atoms with E-state index < -0.39 is 10.8 Å². The van der Waals surface area contributed by atoms with Crippen LogP contribution in [0.3, 0.4) is 0 Å². The van der Waals surface area contributed by atoms with E-state index in [1.165, 1.54) is 4.88 Å². The quantitative estimate of drug-likeness (QED) is 0.726. The normalized spacial score (nSPS) is 14.6. The van der Waals surface area contributed by atoms with Crippen molar-refractivity contribution in [1.82, 2.24) is 0 Å². The van der Waals surface area contributed by atoms with Crippen molar-refractivity contribution >= 4 is 22.1 Å². The van der Waals surface area contributed by atoms with Crippen LogP contribution in [0.1, 0.15) is 29.9 Å². The Hall–Kier alpha value is -0.660. The topological polar surface area (TPSA) is 40.9 Å². The van der Waals surface area contributed by atoms with E-state index in [1.54, 1.807) is 11.3 Å². The van der Waals surface area contributed by atoms with Crippen LogP contribution in [0.2, 0.25) is 0 Å². The predicted octanol–water partition coefficient (Wildman–Crippen LogP) is 2.86. The summed E-state index contributed by atoms with van der Waals surface area (Å²) in [7, 11) is -0.836. The molecule has 0 aliphatic rings. The number of unbranched alkanes of at least 4 members (excludes halogenated alkanes) is 1. The highest BCUT2D eigenvalue weighted by Gasteiger charge is 2.13. The Kier molecular flexibility index (Phi) is 4.85. The van der Waals surface area contributed by atoms with Crippen molar-refractivity contribution in [2.45, 2.75) is 25.0 Å². The lowest BCUT2D eigenvalue weighted by molar-refractivity contribution is 0.674. The van der Waals surface area contributed by atoms with Crippen LogP contribution in [-0.4, -0.2) is 9.96 Å². The van der Waals surface area contributed by atoms with Gasteiger partial charge < -0.3 is 0 Å². The molecule has 4 heteroatoms. The van der Waals surface area contributed by atoms with Crippen molar-refractivity contribution < 1.29 is 4.21 Å². The highest BCUT2D eigenvalue weighted by atomic mass is 32.2. The smallest absolute Gasteiger partial charge is 0.0662 e. The number of hydrogen-bond donors (Lipinski definition) is 0. The fraction of sp³-hybridized carbons (Fsp3) is 0.500. The van der Waals surface area contributed by atoms with Crippen LogP contribution >= 0.6 is 11.3 Å². The highest BCUT2D eigenvalue weighted by Crippen LogP contribution is 2.24. The van der Waals surface area contributed by atoms with Crippen LogP contribution in [0.25, 0.3) is 0 Å². The minimum Gasteiger partial charge on any atom is -0.259 e. The summed E-state index contributed by atoms with van der Waals surface area (Å²) in [6, 6.07) is 6.05. The molecule has 0 unspecified atom stereocenters. The average Bonchev–Trinajstić information content (AvgIpc) is 2.69. The minimum absolute atomic E-state index is 0.105. The summed E-state index contributed by atoms with van der Waals surface area (Å²) in [5.74, 6) is 0.632. The van der Waals surface area contributed by atoms with Crippen LogP contribution in [-0.2, 0) is 10.8 Å². The van der Waals surface area contributed by atoms with Crippen LogP contribution in [0, 0.1) is 11.3 Å². The molecule has 0 N–H and O–H groups in total. The van der Waals surface area contributed by atoms with E-state index in [-0.39, 0.29) is 5.25 Å². The van der Waals surface area contributed by atoms with Crippen molar-refractivity contribution in [3.05, 3.63) is 22.4 Å². The van der Waals surface area contributed by atoms with Gasteiger partial charge in [-0.15, -0.1) is 11.3 Å². The molecular weight excluding hydrogens is 214 g/mol. The zero-order valence-electron chi connectivity index (χ0n) is 8.10. The molecule has 0 aliphatic carbocycles. The number of nitriles is 1. The lowest BCUT2D eigenvalue weighted by Crippen LogP contribution is -2.05. The number of rotatable bonds is 5. The molecule has 76 valence electrons. The predicted molar refractivity (Wildman–Crippen MR) is 60.6 cm³/mol. The van der Waals surface area contributed by atoms with Gasteiger partial charge in [0.2, 0.25) is 0 Å². The number of thiophene rings is 1. The first-order chi connectivity index (χ1) is 6.75. The molecule has 0 saturated carbocycles. The average molecular weight is 227 g/mol. The van der Waals surface area contributed by atoms with Gasteiger partial charge in [-0.25, -0.2) is 0 Å². The molecule has 1 aromatic rings. The van der Waals surface area contributed by atoms with E-state index in [9.17, 15) is 4.21 Å². The van der Waals surface area contributed by atoms with Crippen LogP contribution in [0.4, 0.5) is 0 Å². The van der Waals surface area contributed by atoms with Gasteiger partial charge in [-0.3, -0.25) is 4.21 Å². The molecule has 0 aromatic carbocycles. The molecule has 2 atom stereocenters. The Labute approximate surface area is 91.0 Å².